The van der Waals surface area contributed by atoms with Gasteiger partial charge in [0.05, 0.1) is 0 Å². The summed E-state index contributed by atoms with van der Waals surface area (Å²) in [5, 5.41) is 3.52. The summed E-state index contributed by atoms with van der Waals surface area (Å²) in [5.41, 5.74) is 2.13. The molecule has 0 aliphatic heterocycles. The number of hydrogen-bond donors (Lipinski definition) is 1. The summed E-state index contributed by atoms with van der Waals surface area (Å²) in [5.74, 6) is 0. The molecule has 1 fully saturated rings. The Hall–Kier alpha value is -0.820. The maximum absolute atomic E-state index is 3.52. The number of hydrogen-bond acceptors (Lipinski definition) is 1. The van der Waals surface area contributed by atoms with Crippen LogP contribution >= 0.6 is 0 Å². The van der Waals surface area contributed by atoms with Crippen molar-refractivity contribution in [2.45, 2.75) is 58.3 Å². The van der Waals surface area contributed by atoms with Gasteiger partial charge in [0.25, 0.3) is 0 Å². The second kappa shape index (κ2) is 7.69. The molecule has 0 aromatic heterocycles. The average molecular weight is 259 g/mol. The Morgan fingerprint density at radius 2 is 1.74 bits per heavy atom. The molecule has 1 saturated carbocycles. The minimum absolute atomic E-state index is 0.621. The third-order valence-corrected chi connectivity index (χ3v) is 4.78. The van der Waals surface area contributed by atoms with Crippen molar-refractivity contribution in [1.29, 1.82) is 0 Å². The summed E-state index contributed by atoms with van der Waals surface area (Å²) >= 11 is 0. The molecule has 1 aromatic carbocycles. The fraction of sp³-hybridized carbons (Fsp3) is 0.667. The normalized spacial score (nSPS) is 18.4. The Bertz CT molecular complexity index is 338. The molecule has 19 heavy (non-hydrogen) atoms. The van der Waals surface area contributed by atoms with E-state index >= 15 is 0 Å². The molecule has 0 radical (unpaired) electrons. The van der Waals surface area contributed by atoms with Crippen molar-refractivity contribution in [2.75, 3.05) is 13.1 Å². The molecular weight excluding hydrogens is 230 g/mol. The summed E-state index contributed by atoms with van der Waals surface area (Å²) in [4.78, 5) is 0. The average Bonchev–Trinajstić information content (AvgIpc) is 2.48. The van der Waals surface area contributed by atoms with Crippen LogP contribution in [0.4, 0.5) is 0 Å². The highest BCUT2D eigenvalue weighted by atomic mass is 14.8. The van der Waals surface area contributed by atoms with Gasteiger partial charge in [-0.25, -0.2) is 0 Å². The molecule has 0 heterocycles. The van der Waals surface area contributed by atoms with E-state index in [2.05, 4.69) is 42.6 Å². The van der Waals surface area contributed by atoms with Crippen LogP contribution in [0, 0.1) is 5.41 Å². The van der Waals surface area contributed by atoms with Gasteiger partial charge in [-0.15, -0.1) is 0 Å². The predicted octanol–water partition coefficient (Wildman–Crippen LogP) is 4.57. The van der Waals surface area contributed by atoms with Crippen LogP contribution in [0.2, 0.25) is 0 Å². The van der Waals surface area contributed by atoms with E-state index in [1.54, 1.807) is 0 Å². The lowest BCUT2D eigenvalue weighted by atomic mass is 9.68. The fourth-order valence-electron chi connectivity index (χ4n) is 3.51. The van der Waals surface area contributed by atoms with E-state index in [0.717, 1.165) is 6.54 Å². The zero-order valence-corrected chi connectivity index (χ0v) is 12.5. The molecule has 1 aliphatic carbocycles. The van der Waals surface area contributed by atoms with Gasteiger partial charge in [0.15, 0.2) is 0 Å². The van der Waals surface area contributed by atoms with E-state index in [1.165, 1.54) is 63.5 Å². The summed E-state index contributed by atoms with van der Waals surface area (Å²) < 4.78 is 0. The van der Waals surface area contributed by atoms with Crippen LogP contribution in [0.25, 0.3) is 0 Å². The SMILES string of the molecule is CCNCCC1(CCc2ccccc2)CCCCC1. The van der Waals surface area contributed by atoms with Gasteiger partial charge < -0.3 is 5.32 Å². The predicted molar refractivity (Wildman–Crippen MR) is 83.4 cm³/mol. The maximum atomic E-state index is 3.52. The third-order valence-electron chi connectivity index (χ3n) is 4.78. The molecule has 1 N–H and O–H groups in total. The van der Waals surface area contributed by atoms with Crippen molar-refractivity contribution in [3.8, 4) is 0 Å². The molecule has 0 unspecified atom stereocenters. The van der Waals surface area contributed by atoms with Gasteiger partial charge in [0.1, 0.15) is 0 Å². The summed E-state index contributed by atoms with van der Waals surface area (Å²) in [6, 6.07) is 11.0. The van der Waals surface area contributed by atoms with Crippen molar-refractivity contribution in [3.63, 3.8) is 0 Å². The Balaban J connectivity index is 1.89. The maximum Gasteiger partial charge on any atom is -0.00437 e. The van der Waals surface area contributed by atoms with Crippen molar-refractivity contribution < 1.29 is 0 Å². The Morgan fingerprint density at radius 3 is 2.42 bits per heavy atom. The highest BCUT2D eigenvalue weighted by Crippen LogP contribution is 2.42. The first kappa shape index (κ1) is 14.6. The molecule has 0 atom stereocenters. The number of nitrogens with one attached hydrogen (secondary N) is 1. The molecule has 0 amide bonds. The van der Waals surface area contributed by atoms with Gasteiger partial charge in [0.2, 0.25) is 0 Å². The van der Waals surface area contributed by atoms with Gasteiger partial charge in [-0.05, 0) is 56.2 Å². The quantitative estimate of drug-likeness (QED) is 0.707. The highest BCUT2D eigenvalue weighted by molar-refractivity contribution is 5.15. The van der Waals surface area contributed by atoms with Crippen LogP contribution in [0.15, 0.2) is 30.3 Å². The molecule has 1 aromatic rings. The van der Waals surface area contributed by atoms with Crippen LogP contribution in [0.3, 0.4) is 0 Å². The van der Waals surface area contributed by atoms with E-state index in [4.69, 9.17) is 0 Å². The Morgan fingerprint density at radius 1 is 1.00 bits per heavy atom. The zero-order chi connectivity index (χ0) is 13.4. The van der Waals surface area contributed by atoms with Crippen LogP contribution in [0.5, 0.6) is 0 Å². The minimum Gasteiger partial charge on any atom is -0.317 e. The number of aryl methyl sites for hydroxylation is 1. The van der Waals surface area contributed by atoms with Crippen molar-refractivity contribution in [1.82, 2.24) is 5.32 Å². The second-order valence-corrected chi connectivity index (χ2v) is 6.15. The molecular formula is C18H29N. The summed E-state index contributed by atoms with van der Waals surface area (Å²) in [6.45, 7) is 4.51. The monoisotopic (exact) mass is 259 g/mol. The second-order valence-electron chi connectivity index (χ2n) is 6.15. The lowest BCUT2D eigenvalue weighted by Gasteiger charge is -2.38. The van der Waals surface area contributed by atoms with Gasteiger partial charge in [-0.3, -0.25) is 0 Å². The first-order chi connectivity index (χ1) is 9.35. The largest absolute Gasteiger partial charge is 0.317 e. The van der Waals surface area contributed by atoms with E-state index in [0.29, 0.717) is 5.41 Å². The van der Waals surface area contributed by atoms with E-state index < -0.39 is 0 Å². The highest BCUT2D eigenvalue weighted by Gasteiger charge is 2.30. The standard InChI is InChI=1S/C18H29N/c1-2-19-16-15-18(12-7-4-8-13-18)14-11-17-9-5-3-6-10-17/h3,5-6,9-10,19H,2,4,7-8,11-16H2,1H3. The van der Waals surface area contributed by atoms with Crippen molar-refractivity contribution in [3.05, 3.63) is 35.9 Å². The minimum atomic E-state index is 0.621. The Kier molecular flexibility index (Phi) is 5.91. The molecule has 2 rings (SSSR count). The van der Waals surface area contributed by atoms with Crippen molar-refractivity contribution >= 4 is 0 Å². The smallest absolute Gasteiger partial charge is 0.00437 e. The molecule has 0 spiro atoms. The van der Waals surface area contributed by atoms with Gasteiger partial charge in [-0.1, -0.05) is 56.5 Å². The van der Waals surface area contributed by atoms with Crippen molar-refractivity contribution in [2.24, 2.45) is 5.41 Å². The molecule has 106 valence electrons. The molecule has 0 saturated heterocycles. The molecule has 1 aliphatic rings. The Labute approximate surface area is 118 Å². The van der Waals surface area contributed by atoms with E-state index in [-0.39, 0.29) is 0 Å². The summed E-state index contributed by atoms with van der Waals surface area (Å²) in [6.07, 6.45) is 11.2. The van der Waals surface area contributed by atoms with Gasteiger partial charge in [-0.2, -0.15) is 0 Å². The van der Waals surface area contributed by atoms with Gasteiger partial charge in [0, 0.05) is 0 Å². The zero-order valence-electron chi connectivity index (χ0n) is 12.5. The van der Waals surface area contributed by atoms with E-state index in [9.17, 15) is 0 Å². The van der Waals surface area contributed by atoms with Gasteiger partial charge >= 0.3 is 0 Å². The molecule has 1 nitrogen and oxygen atoms in total. The lowest BCUT2D eigenvalue weighted by molar-refractivity contribution is 0.157. The first-order valence-electron chi connectivity index (χ1n) is 8.09. The molecule has 0 bridgehead atoms. The third kappa shape index (κ3) is 4.65. The molecule has 1 heteroatoms. The topological polar surface area (TPSA) is 12.0 Å². The van der Waals surface area contributed by atoms with Crippen LogP contribution in [-0.2, 0) is 6.42 Å². The van der Waals surface area contributed by atoms with Crippen LogP contribution in [-0.4, -0.2) is 13.1 Å². The fourth-order valence-corrected chi connectivity index (χ4v) is 3.51. The number of benzene rings is 1. The van der Waals surface area contributed by atoms with E-state index in [1.807, 2.05) is 0 Å². The van der Waals surface area contributed by atoms with Crippen LogP contribution in [0.1, 0.15) is 57.4 Å². The number of rotatable bonds is 7. The first-order valence-corrected chi connectivity index (χ1v) is 8.09. The van der Waals surface area contributed by atoms with Crippen LogP contribution < -0.4 is 5.32 Å². The summed E-state index contributed by atoms with van der Waals surface area (Å²) in [7, 11) is 0. The lowest BCUT2D eigenvalue weighted by Crippen LogP contribution is -2.29.